The van der Waals surface area contributed by atoms with Crippen molar-refractivity contribution in [3.8, 4) is 16.9 Å². The molecule has 3 aromatic carbocycles. The second-order valence-corrected chi connectivity index (χ2v) is 7.81. The number of benzene rings is 3. The molecule has 0 aliphatic carbocycles. The summed E-state index contributed by atoms with van der Waals surface area (Å²) in [5, 5.41) is 22.7. The number of carboxylic acids is 1. The van der Waals surface area contributed by atoms with E-state index < -0.39 is 11.9 Å². The van der Waals surface area contributed by atoms with Gasteiger partial charge in [-0.3, -0.25) is 4.79 Å². The van der Waals surface area contributed by atoms with Gasteiger partial charge in [-0.2, -0.15) is 0 Å². The quantitative estimate of drug-likeness (QED) is 0.449. The molecule has 33 heavy (non-hydrogen) atoms. The van der Waals surface area contributed by atoms with Crippen molar-refractivity contribution in [2.75, 3.05) is 44.4 Å². The molecule has 0 aromatic heterocycles. The molecule has 168 valence electrons. The maximum atomic E-state index is 12.9. The predicted molar refractivity (Wildman–Crippen MR) is 134 cm³/mol. The molecule has 0 saturated heterocycles. The second kappa shape index (κ2) is 11.9. The number of aromatic hydroxyl groups is 1. The molecule has 7 nitrogen and oxygen atoms in total. The van der Waals surface area contributed by atoms with Crippen molar-refractivity contribution in [1.82, 2.24) is 4.90 Å². The summed E-state index contributed by atoms with van der Waals surface area (Å²) in [4.78, 5) is 28.6. The fraction of sp³-hybridized carbons (Fsp3) is 0.200. The van der Waals surface area contributed by atoms with Gasteiger partial charge in [0.2, 0.25) is 0 Å². The topological polar surface area (TPSA) is 93.1 Å². The van der Waals surface area contributed by atoms with Crippen LogP contribution in [-0.4, -0.2) is 90.8 Å². The fourth-order valence-electron chi connectivity index (χ4n) is 3.26. The zero-order valence-corrected chi connectivity index (χ0v) is 18.4. The summed E-state index contributed by atoms with van der Waals surface area (Å²) < 4.78 is 0. The number of anilines is 2. The Morgan fingerprint density at radius 2 is 1.52 bits per heavy atom. The van der Waals surface area contributed by atoms with E-state index in [0.29, 0.717) is 0 Å². The number of carbonyl (C=O) groups excluding carboxylic acids is 1. The summed E-state index contributed by atoms with van der Waals surface area (Å²) in [5.41, 5.74) is 2.64. The van der Waals surface area contributed by atoms with Crippen molar-refractivity contribution >= 4 is 52.8 Å². The number of phenolic OH excluding ortho intramolecular Hbond substituents is 1. The molecule has 3 aromatic rings. The third kappa shape index (κ3) is 6.82. The molecule has 0 radical (unpaired) electrons. The number of likely N-dealkylation sites (N-methyl/N-ethyl adjacent to an activating group) is 2. The van der Waals surface area contributed by atoms with Crippen LogP contribution in [0.25, 0.3) is 11.1 Å². The summed E-state index contributed by atoms with van der Waals surface area (Å²) in [6.07, 6.45) is 0. The van der Waals surface area contributed by atoms with Gasteiger partial charge in [0.1, 0.15) is 5.75 Å². The van der Waals surface area contributed by atoms with Gasteiger partial charge in [-0.15, -0.1) is 0 Å². The monoisotopic (exact) mass is 457 g/mol. The van der Waals surface area contributed by atoms with Crippen molar-refractivity contribution in [3.63, 3.8) is 0 Å². The number of aromatic carboxylic acids is 1. The number of amides is 1. The van der Waals surface area contributed by atoms with E-state index in [-0.39, 0.29) is 52.1 Å². The van der Waals surface area contributed by atoms with Crippen LogP contribution in [-0.2, 0) is 0 Å². The van der Waals surface area contributed by atoms with Crippen LogP contribution < -0.4 is 10.2 Å². The fourth-order valence-corrected chi connectivity index (χ4v) is 3.26. The van der Waals surface area contributed by atoms with Crippen molar-refractivity contribution in [2.45, 2.75) is 0 Å². The molecule has 0 aliphatic heterocycles. The van der Waals surface area contributed by atoms with Gasteiger partial charge >= 0.3 is 35.5 Å². The van der Waals surface area contributed by atoms with Crippen LogP contribution in [0.4, 0.5) is 11.4 Å². The third-order valence-corrected chi connectivity index (χ3v) is 5.15. The number of nitrogens with one attached hydrogen (secondary N) is 1. The standard InChI is InChI=1S/C25H27N3O4.Na.H/c1-27(2)13-14-28(3)19-10-12-21(23(29)16-19)24(30)26-22-15-18(9-11-20(22)25(31)32)17-7-5-4-6-8-17;;/h4-12,15-16,29H,13-14H2,1-3H3,(H,26,30)(H,31,32);;. The second-order valence-electron chi connectivity index (χ2n) is 7.81. The Bertz CT molecular complexity index is 1120. The van der Waals surface area contributed by atoms with Crippen LogP contribution in [0.15, 0.2) is 66.7 Å². The number of hydrogen-bond acceptors (Lipinski definition) is 5. The Morgan fingerprint density at radius 1 is 0.848 bits per heavy atom. The third-order valence-electron chi connectivity index (χ3n) is 5.15. The number of carboxylic acid groups (broad SMARTS) is 1. The molecular weight excluding hydrogens is 429 g/mol. The normalized spacial score (nSPS) is 10.4. The number of rotatable bonds is 8. The summed E-state index contributed by atoms with van der Waals surface area (Å²) >= 11 is 0. The van der Waals surface area contributed by atoms with Crippen LogP contribution in [0.5, 0.6) is 5.75 Å². The Balaban J connectivity index is 0.00000385. The van der Waals surface area contributed by atoms with Gasteiger partial charge in [-0.25, -0.2) is 4.79 Å². The van der Waals surface area contributed by atoms with Crippen LogP contribution in [0.3, 0.4) is 0 Å². The summed E-state index contributed by atoms with van der Waals surface area (Å²) in [7, 11) is 5.88. The molecule has 0 heterocycles. The molecule has 0 saturated carbocycles. The first-order valence-electron chi connectivity index (χ1n) is 10.2. The van der Waals surface area contributed by atoms with E-state index in [9.17, 15) is 19.8 Å². The van der Waals surface area contributed by atoms with E-state index in [1.54, 1.807) is 18.2 Å². The van der Waals surface area contributed by atoms with Crippen molar-refractivity contribution in [2.24, 2.45) is 0 Å². The molecule has 0 bridgehead atoms. The van der Waals surface area contributed by atoms with E-state index in [1.165, 1.54) is 18.2 Å². The van der Waals surface area contributed by atoms with Crippen LogP contribution in [0.1, 0.15) is 20.7 Å². The van der Waals surface area contributed by atoms with Gasteiger partial charge in [-0.1, -0.05) is 36.4 Å². The predicted octanol–water partition coefficient (Wildman–Crippen LogP) is 3.36. The van der Waals surface area contributed by atoms with Crippen LogP contribution in [0.2, 0.25) is 0 Å². The van der Waals surface area contributed by atoms with Gasteiger partial charge in [0.15, 0.2) is 0 Å². The molecule has 0 aliphatic rings. The Labute approximate surface area is 215 Å². The van der Waals surface area contributed by atoms with Crippen molar-refractivity contribution in [1.29, 1.82) is 0 Å². The van der Waals surface area contributed by atoms with E-state index in [1.807, 2.05) is 56.4 Å². The van der Waals surface area contributed by atoms with Gasteiger partial charge in [0.05, 0.1) is 16.8 Å². The van der Waals surface area contributed by atoms with Gasteiger partial charge in [0, 0.05) is 31.9 Å². The molecule has 0 spiro atoms. The van der Waals surface area contributed by atoms with Crippen LogP contribution >= 0.6 is 0 Å². The first-order chi connectivity index (χ1) is 15.3. The van der Waals surface area contributed by atoms with E-state index >= 15 is 0 Å². The van der Waals surface area contributed by atoms with E-state index in [4.69, 9.17) is 0 Å². The minimum absolute atomic E-state index is 0. The van der Waals surface area contributed by atoms with Crippen LogP contribution in [0, 0.1) is 0 Å². The Morgan fingerprint density at radius 3 is 2.12 bits per heavy atom. The van der Waals surface area contributed by atoms with Gasteiger partial charge < -0.3 is 25.3 Å². The van der Waals surface area contributed by atoms with E-state index in [0.717, 1.165) is 29.9 Å². The summed E-state index contributed by atoms with van der Waals surface area (Å²) in [6.45, 7) is 1.60. The van der Waals surface area contributed by atoms with E-state index in [2.05, 4.69) is 10.2 Å². The molecule has 3 rings (SSSR count). The number of phenols is 1. The molecule has 8 heteroatoms. The maximum absolute atomic E-state index is 12.9. The molecule has 0 atom stereocenters. The molecule has 0 fully saturated rings. The molecule has 0 unspecified atom stereocenters. The Hall–Kier alpha value is -2.84. The SMILES string of the molecule is CN(C)CCN(C)c1ccc(C(=O)Nc2cc(-c3ccccc3)ccc2C(=O)O)c(O)c1.[NaH]. The number of nitrogens with zero attached hydrogens (tertiary/aromatic N) is 2. The summed E-state index contributed by atoms with van der Waals surface area (Å²) in [5.74, 6) is -1.91. The number of carbonyl (C=O) groups is 2. The first-order valence-corrected chi connectivity index (χ1v) is 10.2. The average Bonchev–Trinajstić information content (AvgIpc) is 2.77. The zero-order valence-electron chi connectivity index (χ0n) is 18.4. The van der Waals surface area contributed by atoms with Gasteiger partial charge in [0.25, 0.3) is 5.91 Å². The molecule has 3 N–H and O–H groups in total. The van der Waals surface area contributed by atoms with Crippen molar-refractivity contribution < 1.29 is 19.8 Å². The average molecular weight is 458 g/mol. The molecule has 1 amide bonds. The number of hydrogen-bond donors (Lipinski definition) is 3. The molecular formula is C25H28N3NaO4. The first kappa shape index (κ1) is 26.4. The Kier molecular flexibility index (Phi) is 9.49. The zero-order chi connectivity index (χ0) is 23.3. The van der Waals surface area contributed by atoms with Gasteiger partial charge in [-0.05, 0) is 49.5 Å². The minimum atomic E-state index is -1.15. The summed E-state index contributed by atoms with van der Waals surface area (Å²) in [6, 6.07) is 19.1. The van der Waals surface area contributed by atoms with Crippen molar-refractivity contribution in [3.05, 3.63) is 77.9 Å².